The van der Waals surface area contributed by atoms with Crippen molar-refractivity contribution < 1.29 is 43.9 Å². The Bertz CT molecular complexity index is 1000. The van der Waals surface area contributed by atoms with Crippen LogP contribution in [0.2, 0.25) is 0 Å². The van der Waals surface area contributed by atoms with Crippen molar-refractivity contribution >= 4 is 18.0 Å². The summed E-state index contributed by atoms with van der Waals surface area (Å²) in [6.45, 7) is -0.171. The van der Waals surface area contributed by atoms with Crippen LogP contribution in [0, 0.1) is 10.1 Å². The molecule has 11 nitrogen and oxygen atoms in total. The Labute approximate surface area is 182 Å². The SMILES string of the molecule is COc1cc(/C=C(/O)C(=O)OCCCCO[N+](=O)[O-])ccc1OC(=O)c1ccccc1O. The van der Waals surface area contributed by atoms with Gasteiger partial charge in [-0.25, -0.2) is 9.59 Å². The molecule has 2 N–H and O–H groups in total. The third kappa shape index (κ3) is 7.20. The number of benzene rings is 2. The number of ether oxygens (including phenoxy) is 3. The molecule has 0 aliphatic carbocycles. The highest BCUT2D eigenvalue weighted by Gasteiger charge is 2.16. The van der Waals surface area contributed by atoms with E-state index in [-0.39, 0.29) is 36.0 Å². The highest BCUT2D eigenvalue weighted by Crippen LogP contribution is 2.30. The summed E-state index contributed by atoms with van der Waals surface area (Å²) >= 11 is 0. The lowest BCUT2D eigenvalue weighted by Crippen LogP contribution is -2.10. The van der Waals surface area contributed by atoms with Gasteiger partial charge in [0, 0.05) is 0 Å². The number of carbonyl (C=O) groups excluding carboxylic acids is 2. The summed E-state index contributed by atoms with van der Waals surface area (Å²) in [4.78, 5) is 38.2. The summed E-state index contributed by atoms with van der Waals surface area (Å²) < 4.78 is 15.3. The molecule has 0 amide bonds. The fourth-order valence-corrected chi connectivity index (χ4v) is 2.46. The Kier molecular flexibility index (Phi) is 8.84. The van der Waals surface area contributed by atoms with E-state index in [1.807, 2.05) is 0 Å². The molecule has 0 saturated heterocycles. The van der Waals surface area contributed by atoms with Crippen molar-refractivity contribution in [3.63, 3.8) is 0 Å². The van der Waals surface area contributed by atoms with E-state index in [2.05, 4.69) is 4.84 Å². The lowest BCUT2D eigenvalue weighted by atomic mass is 10.1. The number of esters is 2. The van der Waals surface area contributed by atoms with Crippen LogP contribution in [0.15, 0.2) is 48.2 Å². The zero-order chi connectivity index (χ0) is 23.5. The number of aliphatic hydroxyl groups is 1. The van der Waals surface area contributed by atoms with Crippen LogP contribution in [0.3, 0.4) is 0 Å². The first-order valence-corrected chi connectivity index (χ1v) is 9.35. The highest BCUT2D eigenvalue weighted by atomic mass is 16.9. The van der Waals surface area contributed by atoms with E-state index < -0.39 is 22.8 Å². The average Bonchev–Trinajstić information content (AvgIpc) is 2.76. The number of hydrogen-bond donors (Lipinski definition) is 2. The van der Waals surface area contributed by atoms with Crippen molar-refractivity contribution in [1.29, 1.82) is 0 Å². The fourth-order valence-electron chi connectivity index (χ4n) is 2.46. The second kappa shape index (κ2) is 11.8. The predicted octanol–water partition coefficient (Wildman–Crippen LogP) is 3.05. The van der Waals surface area contributed by atoms with Crippen LogP contribution in [0.25, 0.3) is 6.08 Å². The molecule has 0 heterocycles. The fraction of sp³-hybridized carbons (Fsp3) is 0.238. The smallest absolute Gasteiger partial charge is 0.373 e. The molecule has 0 bridgehead atoms. The van der Waals surface area contributed by atoms with Gasteiger partial charge in [0.25, 0.3) is 5.09 Å². The number of aliphatic hydroxyl groups excluding tert-OH is 1. The minimum absolute atomic E-state index is 0.0242. The van der Waals surface area contributed by atoms with E-state index in [1.54, 1.807) is 12.1 Å². The molecular formula is C21H21NO10. The number of nitrogens with zero attached hydrogens (tertiary/aromatic N) is 1. The van der Waals surface area contributed by atoms with E-state index >= 15 is 0 Å². The predicted molar refractivity (Wildman–Crippen MR) is 110 cm³/mol. The lowest BCUT2D eigenvalue weighted by molar-refractivity contribution is -0.757. The van der Waals surface area contributed by atoms with Crippen LogP contribution in [-0.4, -0.2) is 47.6 Å². The number of phenolic OH excluding ortho intramolecular Hbond substituents is 1. The van der Waals surface area contributed by atoms with Crippen LogP contribution in [0.4, 0.5) is 0 Å². The van der Waals surface area contributed by atoms with Crippen LogP contribution in [-0.2, 0) is 14.4 Å². The molecule has 32 heavy (non-hydrogen) atoms. The van der Waals surface area contributed by atoms with Crippen LogP contribution < -0.4 is 9.47 Å². The van der Waals surface area contributed by atoms with E-state index in [1.165, 1.54) is 37.4 Å². The summed E-state index contributed by atoms with van der Waals surface area (Å²) in [5.74, 6) is -2.46. The van der Waals surface area contributed by atoms with Crippen molar-refractivity contribution in [3.8, 4) is 17.2 Å². The topological polar surface area (TPSA) is 155 Å². The van der Waals surface area contributed by atoms with E-state index in [9.17, 15) is 29.9 Å². The Morgan fingerprint density at radius 2 is 1.81 bits per heavy atom. The van der Waals surface area contributed by atoms with Gasteiger partial charge in [-0.2, -0.15) is 0 Å². The Hall–Kier alpha value is -4.28. The number of rotatable bonds is 11. The van der Waals surface area contributed by atoms with E-state index in [4.69, 9.17) is 14.2 Å². The zero-order valence-corrected chi connectivity index (χ0v) is 17.1. The maximum atomic E-state index is 12.3. The molecule has 0 unspecified atom stereocenters. The van der Waals surface area contributed by atoms with Crippen LogP contribution >= 0.6 is 0 Å². The quantitative estimate of drug-likeness (QED) is 0.0998. The first-order valence-electron chi connectivity index (χ1n) is 9.35. The standard InChI is InChI=1S/C21H21NO10/c1-29-19-13-14(12-17(24)21(26)30-10-4-5-11-31-22(27)28)8-9-18(19)32-20(25)15-6-2-3-7-16(15)23/h2-3,6-9,12-13,23-24H,4-5,10-11H2,1H3/b17-12+. The van der Waals surface area contributed by atoms with Gasteiger partial charge in [-0.3, -0.25) is 0 Å². The molecule has 0 atom stereocenters. The summed E-state index contributed by atoms with van der Waals surface area (Å²) in [6, 6.07) is 10.2. The molecule has 11 heteroatoms. The summed E-state index contributed by atoms with van der Waals surface area (Å²) in [5, 5.41) is 28.8. The molecule has 0 aromatic heterocycles. The number of phenols is 1. The van der Waals surface area contributed by atoms with Crippen molar-refractivity contribution in [2.24, 2.45) is 0 Å². The highest BCUT2D eigenvalue weighted by molar-refractivity contribution is 5.94. The van der Waals surface area contributed by atoms with Crippen LogP contribution in [0.1, 0.15) is 28.8 Å². The molecule has 0 aliphatic heterocycles. The van der Waals surface area contributed by atoms with Gasteiger partial charge in [-0.1, -0.05) is 18.2 Å². The van der Waals surface area contributed by atoms with Gasteiger partial charge in [-0.05, 0) is 48.7 Å². The Balaban J connectivity index is 1.98. The normalized spacial score (nSPS) is 10.8. The molecule has 2 aromatic carbocycles. The van der Waals surface area contributed by atoms with Crippen molar-refractivity contribution in [2.75, 3.05) is 20.3 Å². The third-order valence-corrected chi connectivity index (χ3v) is 4.00. The van der Waals surface area contributed by atoms with Crippen molar-refractivity contribution in [1.82, 2.24) is 0 Å². The van der Waals surface area contributed by atoms with Gasteiger partial charge in [0.15, 0.2) is 11.5 Å². The van der Waals surface area contributed by atoms with Gasteiger partial charge in [-0.15, -0.1) is 10.1 Å². The number of methoxy groups -OCH3 is 1. The minimum atomic E-state index is -0.978. The largest absolute Gasteiger partial charge is 0.507 e. The van der Waals surface area contributed by atoms with Crippen molar-refractivity contribution in [2.45, 2.75) is 12.8 Å². The van der Waals surface area contributed by atoms with Gasteiger partial charge in [0.2, 0.25) is 5.76 Å². The lowest BCUT2D eigenvalue weighted by Gasteiger charge is -2.11. The second-order valence-electron chi connectivity index (χ2n) is 6.25. The maximum Gasteiger partial charge on any atom is 0.373 e. The summed E-state index contributed by atoms with van der Waals surface area (Å²) in [7, 11) is 1.34. The minimum Gasteiger partial charge on any atom is -0.507 e. The Morgan fingerprint density at radius 3 is 2.50 bits per heavy atom. The number of aromatic hydroxyl groups is 1. The number of carbonyl (C=O) groups is 2. The first-order chi connectivity index (χ1) is 15.3. The zero-order valence-electron chi connectivity index (χ0n) is 17.1. The van der Waals surface area contributed by atoms with Gasteiger partial charge in [0.05, 0.1) is 20.3 Å². The summed E-state index contributed by atoms with van der Waals surface area (Å²) in [5.41, 5.74) is 0.335. The summed E-state index contributed by atoms with van der Waals surface area (Å²) in [6.07, 6.45) is 1.75. The second-order valence-corrected chi connectivity index (χ2v) is 6.25. The molecule has 170 valence electrons. The number of unbranched alkanes of at least 4 members (excludes halogenated alkanes) is 1. The van der Waals surface area contributed by atoms with Crippen LogP contribution in [0.5, 0.6) is 17.2 Å². The molecule has 2 rings (SSSR count). The molecular weight excluding hydrogens is 426 g/mol. The third-order valence-electron chi connectivity index (χ3n) is 4.00. The van der Waals surface area contributed by atoms with Gasteiger partial charge < -0.3 is 29.3 Å². The Morgan fingerprint density at radius 1 is 1.09 bits per heavy atom. The molecule has 0 aliphatic rings. The van der Waals surface area contributed by atoms with Crippen molar-refractivity contribution in [3.05, 3.63) is 69.5 Å². The average molecular weight is 447 g/mol. The molecule has 0 spiro atoms. The van der Waals surface area contributed by atoms with E-state index in [0.29, 0.717) is 18.4 Å². The number of hydrogen-bond acceptors (Lipinski definition) is 10. The molecule has 0 saturated carbocycles. The molecule has 2 aromatic rings. The number of para-hydroxylation sites is 1. The molecule has 0 radical (unpaired) electrons. The monoisotopic (exact) mass is 447 g/mol. The maximum absolute atomic E-state index is 12.3. The first kappa shape index (κ1) is 24.0. The molecule has 0 fully saturated rings. The van der Waals surface area contributed by atoms with Gasteiger partial charge >= 0.3 is 11.9 Å². The van der Waals surface area contributed by atoms with E-state index in [0.717, 1.165) is 6.08 Å². The van der Waals surface area contributed by atoms with Gasteiger partial charge in [0.1, 0.15) is 11.3 Å².